The number of aliphatic carboxylic acids is 1. The molecule has 0 unspecified atom stereocenters. The third-order valence-electron chi connectivity index (χ3n) is 5.07. The predicted octanol–water partition coefficient (Wildman–Crippen LogP) is 1.24. The van der Waals surface area contributed by atoms with Crippen molar-refractivity contribution in [1.82, 2.24) is 10.2 Å². The largest absolute Gasteiger partial charge is 0.480 e. The number of ether oxygens (including phenoxy) is 2. The van der Waals surface area contributed by atoms with Crippen molar-refractivity contribution in [3.05, 3.63) is 48.0 Å². The summed E-state index contributed by atoms with van der Waals surface area (Å²) in [7, 11) is 0. The Bertz CT molecular complexity index is 966. The van der Waals surface area contributed by atoms with Crippen LogP contribution in [0.5, 0.6) is 0 Å². The zero-order valence-corrected chi connectivity index (χ0v) is 15.8. The van der Waals surface area contributed by atoms with E-state index in [1.807, 2.05) is 0 Å². The van der Waals surface area contributed by atoms with Gasteiger partial charge in [0.25, 0.3) is 5.91 Å². The van der Waals surface area contributed by atoms with Crippen molar-refractivity contribution in [3.8, 4) is 11.3 Å². The zero-order chi connectivity index (χ0) is 21.3. The number of carboxylic acid groups (broad SMARTS) is 1. The predicted molar refractivity (Wildman–Crippen MR) is 98.8 cm³/mol. The Morgan fingerprint density at radius 2 is 1.83 bits per heavy atom. The molecule has 2 aromatic rings. The number of furan rings is 1. The van der Waals surface area contributed by atoms with Crippen LogP contribution in [-0.2, 0) is 19.1 Å². The Balaban J connectivity index is 1.38. The smallest absolute Gasteiger partial charge is 0.326 e. The Morgan fingerprint density at radius 1 is 1.13 bits per heavy atom. The van der Waals surface area contributed by atoms with E-state index < -0.39 is 42.0 Å². The van der Waals surface area contributed by atoms with Gasteiger partial charge in [0.05, 0.1) is 26.3 Å². The number of carbonyl (C=O) groups excluding carboxylic acids is 2. The van der Waals surface area contributed by atoms with Crippen molar-refractivity contribution in [2.75, 3.05) is 26.3 Å². The third-order valence-corrected chi connectivity index (χ3v) is 5.07. The van der Waals surface area contributed by atoms with Gasteiger partial charge in [0.2, 0.25) is 5.91 Å². The second kappa shape index (κ2) is 7.88. The monoisotopic (exact) mass is 418 g/mol. The van der Waals surface area contributed by atoms with Crippen molar-refractivity contribution in [2.24, 2.45) is 0 Å². The molecule has 2 aliphatic heterocycles. The number of rotatable bonds is 5. The maximum atomic E-state index is 13.0. The molecule has 1 atom stereocenters. The van der Waals surface area contributed by atoms with Gasteiger partial charge in [-0.25, -0.2) is 9.18 Å². The maximum absolute atomic E-state index is 13.0. The van der Waals surface area contributed by atoms with Crippen LogP contribution in [0.3, 0.4) is 0 Å². The van der Waals surface area contributed by atoms with Gasteiger partial charge in [-0.2, -0.15) is 0 Å². The highest BCUT2D eigenvalue weighted by atomic mass is 19.1. The van der Waals surface area contributed by atoms with Crippen LogP contribution in [0.4, 0.5) is 4.39 Å². The highest BCUT2D eigenvalue weighted by Gasteiger charge is 2.52. The summed E-state index contributed by atoms with van der Waals surface area (Å²) >= 11 is 0. The molecule has 0 aliphatic carbocycles. The number of hydrogen-bond acceptors (Lipinski definition) is 6. The number of benzene rings is 1. The number of likely N-dealkylation sites (tertiary alicyclic amines) is 1. The molecule has 0 radical (unpaired) electrons. The van der Waals surface area contributed by atoms with Crippen LogP contribution in [0.15, 0.2) is 40.8 Å². The molecular formula is C20H19FN2O7. The van der Waals surface area contributed by atoms with Gasteiger partial charge in [-0.3, -0.25) is 9.59 Å². The van der Waals surface area contributed by atoms with Gasteiger partial charge in [0, 0.05) is 12.0 Å². The summed E-state index contributed by atoms with van der Waals surface area (Å²) in [4.78, 5) is 37.6. The van der Waals surface area contributed by atoms with Crippen molar-refractivity contribution < 1.29 is 37.8 Å². The van der Waals surface area contributed by atoms with Crippen LogP contribution < -0.4 is 5.32 Å². The summed E-state index contributed by atoms with van der Waals surface area (Å²) in [5, 5.41) is 11.9. The van der Waals surface area contributed by atoms with E-state index >= 15 is 0 Å². The van der Waals surface area contributed by atoms with E-state index in [0.29, 0.717) is 24.5 Å². The van der Waals surface area contributed by atoms with Crippen LogP contribution >= 0.6 is 0 Å². The number of nitrogens with zero attached hydrogens (tertiary/aromatic N) is 1. The van der Waals surface area contributed by atoms with Crippen molar-refractivity contribution >= 4 is 17.8 Å². The molecule has 1 aromatic heterocycles. The van der Waals surface area contributed by atoms with E-state index in [9.17, 15) is 23.9 Å². The standard InChI is InChI=1S/C20H19FN2O7/c21-13-3-1-12(2-4-13)15-5-6-16(30-15)18(25)22-10-17(24)23-11-20(28-7-8-29-20)9-14(23)19(26)27/h1-6,14H,7-11H2,(H,22,25)(H,26,27)/t14-/m0/s1. The van der Waals surface area contributed by atoms with Crippen LogP contribution in [0.2, 0.25) is 0 Å². The first kappa shape index (κ1) is 20.0. The van der Waals surface area contributed by atoms with E-state index in [2.05, 4.69) is 5.32 Å². The minimum atomic E-state index is -1.17. The molecule has 158 valence electrons. The van der Waals surface area contributed by atoms with Crippen molar-refractivity contribution in [2.45, 2.75) is 18.2 Å². The molecular weight excluding hydrogens is 399 g/mol. The summed E-state index contributed by atoms with van der Waals surface area (Å²) in [6.07, 6.45) is 0.0290. The summed E-state index contributed by atoms with van der Waals surface area (Å²) < 4.78 is 29.5. The topological polar surface area (TPSA) is 118 Å². The van der Waals surface area contributed by atoms with Crippen LogP contribution in [0, 0.1) is 5.82 Å². The minimum Gasteiger partial charge on any atom is -0.480 e. The molecule has 2 aliphatic rings. The summed E-state index contributed by atoms with van der Waals surface area (Å²) in [5.74, 6) is -3.53. The highest BCUT2D eigenvalue weighted by Crippen LogP contribution is 2.34. The van der Waals surface area contributed by atoms with Crippen molar-refractivity contribution in [1.29, 1.82) is 0 Å². The number of hydrogen-bond donors (Lipinski definition) is 2. The molecule has 3 heterocycles. The number of carboxylic acids is 1. The molecule has 1 aromatic carbocycles. The fourth-order valence-electron chi connectivity index (χ4n) is 3.60. The molecule has 0 bridgehead atoms. The average molecular weight is 418 g/mol. The van der Waals surface area contributed by atoms with Gasteiger partial charge >= 0.3 is 5.97 Å². The number of amides is 2. The molecule has 2 N–H and O–H groups in total. The zero-order valence-electron chi connectivity index (χ0n) is 15.8. The van der Waals surface area contributed by atoms with Gasteiger partial charge in [-0.1, -0.05) is 0 Å². The van der Waals surface area contributed by atoms with Crippen LogP contribution in [0.1, 0.15) is 17.0 Å². The Morgan fingerprint density at radius 3 is 2.50 bits per heavy atom. The number of nitrogens with one attached hydrogen (secondary N) is 1. The molecule has 2 fully saturated rings. The Kier molecular flexibility index (Phi) is 5.27. The second-order valence-electron chi connectivity index (χ2n) is 7.04. The summed E-state index contributed by atoms with van der Waals surface area (Å²) in [6, 6.07) is 7.48. The average Bonchev–Trinajstić information content (AvgIpc) is 3.47. The third kappa shape index (κ3) is 3.91. The summed E-state index contributed by atoms with van der Waals surface area (Å²) in [6.45, 7) is 0.236. The quantitative estimate of drug-likeness (QED) is 0.750. The normalized spacial score (nSPS) is 19.9. The van der Waals surface area contributed by atoms with E-state index in [-0.39, 0.29) is 18.7 Å². The van der Waals surface area contributed by atoms with Crippen molar-refractivity contribution in [3.63, 3.8) is 0 Å². The molecule has 0 saturated carbocycles. The lowest BCUT2D eigenvalue weighted by molar-refractivity contribution is -0.152. The van der Waals surface area contributed by atoms with E-state index in [1.54, 1.807) is 6.07 Å². The number of halogens is 1. The molecule has 30 heavy (non-hydrogen) atoms. The summed E-state index contributed by atoms with van der Waals surface area (Å²) in [5.41, 5.74) is 0.592. The SMILES string of the molecule is O=C(NCC(=O)N1CC2(C[C@H]1C(=O)O)OCCO2)c1ccc(-c2ccc(F)cc2)o1. The molecule has 10 heteroatoms. The van der Waals surface area contributed by atoms with Gasteiger partial charge in [-0.05, 0) is 36.4 Å². The molecule has 2 saturated heterocycles. The first-order valence-electron chi connectivity index (χ1n) is 9.31. The van der Waals surface area contributed by atoms with Gasteiger partial charge in [0.15, 0.2) is 11.5 Å². The van der Waals surface area contributed by atoms with E-state index in [1.165, 1.54) is 30.3 Å². The lowest BCUT2D eigenvalue weighted by Gasteiger charge is -2.23. The maximum Gasteiger partial charge on any atom is 0.326 e. The van der Waals surface area contributed by atoms with Crippen LogP contribution in [-0.4, -0.2) is 65.9 Å². The Labute approximate surface area is 170 Å². The first-order chi connectivity index (χ1) is 14.4. The van der Waals surface area contributed by atoms with E-state index in [0.717, 1.165) is 4.90 Å². The van der Waals surface area contributed by atoms with Crippen LogP contribution in [0.25, 0.3) is 11.3 Å². The second-order valence-corrected chi connectivity index (χ2v) is 7.04. The molecule has 4 rings (SSSR count). The Hall–Kier alpha value is -3.24. The fraction of sp³-hybridized carbons (Fsp3) is 0.350. The lowest BCUT2D eigenvalue weighted by Crippen LogP contribution is -2.46. The lowest BCUT2D eigenvalue weighted by atomic mass is 10.1. The van der Waals surface area contributed by atoms with Gasteiger partial charge in [0.1, 0.15) is 17.6 Å². The highest BCUT2D eigenvalue weighted by molar-refractivity contribution is 5.95. The van der Waals surface area contributed by atoms with E-state index in [4.69, 9.17) is 13.9 Å². The van der Waals surface area contributed by atoms with Gasteiger partial charge in [-0.15, -0.1) is 0 Å². The minimum absolute atomic E-state index is 0.0197. The molecule has 1 spiro atoms. The number of carbonyl (C=O) groups is 3. The molecule has 2 amide bonds. The molecule has 9 nitrogen and oxygen atoms in total. The fourth-order valence-corrected chi connectivity index (χ4v) is 3.60. The first-order valence-corrected chi connectivity index (χ1v) is 9.31. The van der Waals surface area contributed by atoms with Gasteiger partial charge < -0.3 is 29.2 Å².